The van der Waals surface area contributed by atoms with Crippen LogP contribution in [0.2, 0.25) is 0 Å². The van der Waals surface area contributed by atoms with Crippen molar-refractivity contribution < 1.29 is 29.0 Å². The molecular formula is C25H18N4O8S. The van der Waals surface area contributed by atoms with Gasteiger partial charge in [-0.25, -0.2) is 0 Å². The van der Waals surface area contributed by atoms with Crippen LogP contribution in [0.3, 0.4) is 0 Å². The second-order valence-corrected chi connectivity index (χ2v) is 8.98. The second kappa shape index (κ2) is 10.9. The Morgan fingerprint density at radius 2 is 1.71 bits per heavy atom. The summed E-state index contributed by atoms with van der Waals surface area (Å²) in [4.78, 5) is 59.5. The number of carbonyl (C=O) groups is 3. The summed E-state index contributed by atoms with van der Waals surface area (Å²) >= 11 is 0.635. The maximum absolute atomic E-state index is 12.9. The molecule has 1 heterocycles. The first-order valence-electron chi connectivity index (χ1n) is 10.9. The Hall–Kier alpha value is -5.04. The molecule has 3 aromatic rings. The van der Waals surface area contributed by atoms with Gasteiger partial charge in [0.05, 0.1) is 20.8 Å². The number of rotatable bonds is 8. The van der Waals surface area contributed by atoms with E-state index in [1.807, 2.05) is 19.1 Å². The molecule has 38 heavy (non-hydrogen) atoms. The summed E-state index contributed by atoms with van der Waals surface area (Å²) < 4.78 is 5.68. The predicted octanol–water partition coefficient (Wildman–Crippen LogP) is 5.28. The molecule has 0 atom stereocenters. The molecule has 1 fully saturated rings. The van der Waals surface area contributed by atoms with Gasteiger partial charge < -0.3 is 10.1 Å². The first kappa shape index (κ1) is 26.0. The van der Waals surface area contributed by atoms with Crippen molar-refractivity contribution in [2.75, 3.05) is 11.9 Å². The van der Waals surface area contributed by atoms with Gasteiger partial charge in [-0.2, -0.15) is 0 Å². The Balaban J connectivity index is 1.54. The van der Waals surface area contributed by atoms with Crippen molar-refractivity contribution in [1.82, 2.24) is 4.90 Å². The fourth-order valence-corrected chi connectivity index (χ4v) is 4.25. The van der Waals surface area contributed by atoms with Gasteiger partial charge in [-0.1, -0.05) is 35.9 Å². The molecule has 3 aromatic carbocycles. The molecule has 1 saturated heterocycles. The zero-order chi connectivity index (χ0) is 27.4. The van der Waals surface area contributed by atoms with Crippen molar-refractivity contribution >= 4 is 52.0 Å². The summed E-state index contributed by atoms with van der Waals surface area (Å²) in [6.07, 6.45) is 1.37. The third-order valence-electron chi connectivity index (χ3n) is 5.29. The van der Waals surface area contributed by atoms with E-state index in [0.717, 1.165) is 28.7 Å². The highest BCUT2D eigenvalue weighted by Crippen LogP contribution is 2.38. The fourth-order valence-electron chi connectivity index (χ4n) is 3.42. The SMILES string of the molecule is Cc1ccc(NC(=O)CN2C(=O)S/C(=C/c3ccccc3Oc3ccc([N+](=O)[O-])cc3[N+](=O)[O-])C2=O)cc1. The lowest BCUT2D eigenvalue weighted by Gasteiger charge is -2.12. The number of aryl methyl sites for hydroxylation is 1. The highest BCUT2D eigenvalue weighted by atomic mass is 32.2. The van der Waals surface area contributed by atoms with Crippen molar-refractivity contribution in [3.8, 4) is 11.5 Å². The number of carbonyl (C=O) groups excluding carboxylic acids is 3. The van der Waals surface area contributed by atoms with Gasteiger partial charge in [-0.3, -0.25) is 39.5 Å². The van der Waals surface area contributed by atoms with E-state index in [0.29, 0.717) is 23.0 Å². The average Bonchev–Trinajstić information content (AvgIpc) is 3.13. The summed E-state index contributed by atoms with van der Waals surface area (Å²) in [6, 6.07) is 16.2. The molecule has 0 radical (unpaired) electrons. The van der Waals surface area contributed by atoms with E-state index in [-0.39, 0.29) is 16.4 Å². The topological polar surface area (TPSA) is 162 Å². The number of nitrogens with zero attached hydrogens (tertiary/aromatic N) is 3. The van der Waals surface area contributed by atoms with E-state index in [1.165, 1.54) is 12.1 Å². The number of imide groups is 1. The van der Waals surface area contributed by atoms with Gasteiger partial charge in [-0.15, -0.1) is 0 Å². The van der Waals surface area contributed by atoms with E-state index in [9.17, 15) is 34.6 Å². The Kier molecular flexibility index (Phi) is 7.48. The number of nitrogens with one attached hydrogen (secondary N) is 1. The van der Waals surface area contributed by atoms with Crippen LogP contribution >= 0.6 is 11.8 Å². The van der Waals surface area contributed by atoms with Crippen LogP contribution in [0.5, 0.6) is 11.5 Å². The van der Waals surface area contributed by atoms with Crippen LogP contribution in [0.1, 0.15) is 11.1 Å². The molecule has 0 unspecified atom stereocenters. The van der Waals surface area contributed by atoms with Crippen LogP contribution in [0, 0.1) is 27.2 Å². The molecular weight excluding hydrogens is 516 g/mol. The molecule has 1 N–H and O–H groups in total. The molecule has 3 amide bonds. The number of non-ortho nitro benzene ring substituents is 1. The number of nitro groups is 2. The van der Waals surface area contributed by atoms with E-state index in [1.54, 1.807) is 30.3 Å². The minimum absolute atomic E-state index is 0.0207. The Labute approximate surface area is 219 Å². The number of ether oxygens (including phenoxy) is 1. The number of hydrogen-bond donors (Lipinski definition) is 1. The molecule has 12 nitrogen and oxygen atoms in total. The number of thioether (sulfide) groups is 1. The minimum Gasteiger partial charge on any atom is -0.449 e. The second-order valence-electron chi connectivity index (χ2n) is 7.99. The lowest BCUT2D eigenvalue weighted by atomic mass is 10.1. The van der Waals surface area contributed by atoms with Crippen LogP contribution in [-0.4, -0.2) is 38.3 Å². The third-order valence-corrected chi connectivity index (χ3v) is 6.19. The number of amides is 3. The molecule has 0 aliphatic carbocycles. The molecule has 4 rings (SSSR count). The molecule has 0 spiro atoms. The molecule has 1 aliphatic heterocycles. The normalized spacial score (nSPS) is 14.0. The van der Waals surface area contributed by atoms with Gasteiger partial charge in [0.15, 0.2) is 0 Å². The largest absolute Gasteiger partial charge is 0.449 e. The van der Waals surface area contributed by atoms with Gasteiger partial charge in [-0.05, 0) is 49.0 Å². The number of hydrogen-bond acceptors (Lipinski definition) is 9. The first-order chi connectivity index (χ1) is 18.1. The predicted molar refractivity (Wildman–Crippen MR) is 139 cm³/mol. The quantitative estimate of drug-likeness (QED) is 0.230. The number of nitro benzene ring substituents is 2. The first-order valence-corrected chi connectivity index (χ1v) is 11.8. The number of anilines is 1. The van der Waals surface area contributed by atoms with Gasteiger partial charge in [0.25, 0.3) is 16.8 Å². The van der Waals surface area contributed by atoms with E-state index >= 15 is 0 Å². The van der Waals surface area contributed by atoms with Gasteiger partial charge in [0.1, 0.15) is 12.3 Å². The molecule has 0 bridgehead atoms. The third kappa shape index (κ3) is 5.84. The van der Waals surface area contributed by atoms with Crippen LogP contribution in [0.15, 0.2) is 71.6 Å². The van der Waals surface area contributed by atoms with Gasteiger partial charge in [0, 0.05) is 17.3 Å². The van der Waals surface area contributed by atoms with Crippen molar-refractivity contribution in [1.29, 1.82) is 0 Å². The highest BCUT2D eigenvalue weighted by Gasteiger charge is 2.36. The standard InChI is InChI=1S/C25H18N4O8S/c1-15-6-8-17(9-7-15)26-23(30)14-27-24(31)22(38-25(27)32)12-16-4-2-3-5-20(16)37-21-11-10-18(28(33)34)13-19(21)29(35)36/h2-13H,14H2,1H3,(H,26,30)/b22-12+. The van der Waals surface area contributed by atoms with Gasteiger partial charge in [0.2, 0.25) is 11.7 Å². The van der Waals surface area contributed by atoms with Crippen LogP contribution in [0.25, 0.3) is 6.08 Å². The Bertz CT molecular complexity index is 1500. The summed E-state index contributed by atoms with van der Waals surface area (Å²) in [5.41, 5.74) is 0.752. The highest BCUT2D eigenvalue weighted by molar-refractivity contribution is 8.18. The fraction of sp³-hybridized carbons (Fsp3) is 0.0800. The Morgan fingerprint density at radius 3 is 2.39 bits per heavy atom. The maximum atomic E-state index is 12.9. The molecule has 192 valence electrons. The van der Waals surface area contributed by atoms with E-state index in [4.69, 9.17) is 4.74 Å². The van der Waals surface area contributed by atoms with Gasteiger partial charge >= 0.3 is 5.69 Å². The van der Waals surface area contributed by atoms with E-state index < -0.39 is 44.8 Å². The lowest BCUT2D eigenvalue weighted by molar-refractivity contribution is -0.394. The van der Waals surface area contributed by atoms with Crippen molar-refractivity contribution in [2.24, 2.45) is 0 Å². The zero-order valence-corrected chi connectivity index (χ0v) is 20.5. The summed E-state index contributed by atoms with van der Waals surface area (Å²) in [6.45, 7) is 1.41. The maximum Gasteiger partial charge on any atom is 0.318 e. The number of benzene rings is 3. The van der Waals surface area contributed by atoms with Crippen molar-refractivity contribution in [2.45, 2.75) is 6.92 Å². The smallest absolute Gasteiger partial charge is 0.318 e. The zero-order valence-electron chi connectivity index (χ0n) is 19.7. The van der Waals surface area contributed by atoms with Crippen LogP contribution in [-0.2, 0) is 9.59 Å². The van der Waals surface area contributed by atoms with Crippen molar-refractivity contribution in [3.63, 3.8) is 0 Å². The molecule has 0 saturated carbocycles. The van der Waals surface area contributed by atoms with Crippen molar-refractivity contribution in [3.05, 3.63) is 103 Å². The molecule has 0 aromatic heterocycles. The van der Waals surface area contributed by atoms with Crippen LogP contribution in [0.4, 0.5) is 21.9 Å². The minimum atomic E-state index is -0.808. The molecule has 1 aliphatic rings. The van der Waals surface area contributed by atoms with Crippen LogP contribution < -0.4 is 10.1 Å². The lowest BCUT2D eigenvalue weighted by Crippen LogP contribution is -2.36. The summed E-state index contributed by atoms with van der Waals surface area (Å²) in [7, 11) is 0. The van der Waals surface area contributed by atoms with E-state index in [2.05, 4.69) is 5.32 Å². The Morgan fingerprint density at radius 1 is 1.00 bits per heavy atom. The average molecular weight is 535 g/mol. The number of para-hydroxylation sites is 1. The monoisotopic (exact) mass is 534 g/mol. The summed E-state index contributed by atoms with van der Waals surface area (Å²) in [5.74, 6) is -1.38. The summed E-state index contributed by atoms with van der Waals surface area (Å²) in [5, 5.41) is 24.4. The molecule has 13 heteroatoms.